The van der Waals surface area contributed by atoms with Crippen LogP contribution in [0.25, 0.3) is 0 Å². The Morgan fingerprint density at radius 2 is 0.535 bits per heavy atom. The van der Waals surface area contributed by atoms with Crippen LogP contribution in [-0.2, 0) is 65.4 Å². The maximum absolute atomic E-state index is 13.0. The lowest BCUT2D eigenvalue weighted by molar-refractivity contribution is -0.161. The van der Waals surface area contributed by atoms with Crippen molar-refractivity contribution >= 4 is 39.5 Å². The van der Waals surface area contributed by atoms with E-state index in [0.29, 0.717) is 25.7 Å². The van der Waals surface area contributed by atoms with E-state index in [1.165, 1.54) is 135 Å². The molecule has 0 aromatic carbocycles. The summed E-state index contributed by atoms with van der Waals surface area (Å²) in [7, 11) is -9.88. The predicted molar refractivity (Wildman–Crippen MR) is 345 cm³/mol. The zero-order valence-electron chi connectivity index (χ0n) is 55.6. The number of phosphoric ester groups is 2. The van der Waals surface area contributed by atoms with Gasteiger partial charge in [0.15, 0.2) is 12.2 Å². The number of carbonyl (C=O) groups is 4. The highest BCUT2D eigenvalue weighted by Gasteiger charge is 2.30. The molecule has 5 atom stereocenters. The first-order chi connectivity index (χ1) is 41.4. The van der Waals surface area contributed by atoms with Crippen molar-refractivity contribution in [3.63, 3.8) is 0 Å². The van der Waals surface area contributed by atoms with Crippen LogP contribution in [0.1, 0.15) is 337 Å². The molecule has 0 fully saturated rings. The number of unbranched alkanes of at least 4 members (excludes halogenated alkanes) is 36. The van der Waals surface area contributed by atoms with Gasteiger partial charge in [0.1, 0.15) is 19.3 Å². The molecule has 0 aliphatic carbocycles. The summed E-state index contributed by atoms with van der Waals surface area (Å²) in [6.07, 6.45) is 43.7. The van der Waals surface area contributed by atoms with Crippen molar-refractivity contribution < 1.29 is 80.2 Å². The zero-order chi connectivity index (χ0) is 63.6. The summed E-state index contributed by atoms with van der Waals surface area (Å²) in [6.45, 7) is 9.43. The zero-order valence-corrected chi connectivity index (χ0v) is 57.4. The van der Waals surface area contributed by atoms with Crippen molar-refractivity contribution in [2.24, 2.45) is 11.8 Å². The lowest BCUT2D eigenvalue weighted by Gasteiger charge is -2.21. The van der Waals surface area contributed by atoms with Gasteiger partial charge in [-0.25, -0.2) is 9.13 Å². The van der Waals surface area contributed by atoms with Gasteiger partial charge in [0, 0.05) is 25.7 Å². The number of ether oxygens (including phenoxy) is 4. The molecule has 17 nitrogen and oxygen atoms in total. The molecule has 19 heteroatoms. The van der Waals surface area contributed by atoms with E-state index in [1.54, 1.807) is 0 Å². The first kappa shape index (κ1) is 84.1. The number of esters is 4. The van der Waals surface area contributed by atoms with E-state index < -0.39 is 97.5 Å². The van der Waals surface area contributed by atoms with Crippen LogP contribution in [0, 0.1) is 11.8 Å². The third kappa shape index (κ3) is 60.9. The molecule has 0 heterocycles. The second-order valence-corrected chi connectivity index (χ2v) is 28.1. The number of rotatable bonds is 66. The minimum Gasteiger partial charge on any atom is -0.462 e. The van der Waals surface area contributed by atoms with Gasteiger partial charge in [0.05, 0.1) is 26.4 Å². The van der Waals surface area contributed by atoms with Crippen LogP contribution in [0.3, 0.4) is 0 Å². The fourth-order valence-corrected chi connectivity index (χ4v) is 11.6. The first-order valence-corrected chi connectivity index (χ1v) is 38.0. The molecule has 2 unspecified atom stereocenters. The lowest BCUT2D eigenvalue weighted by atomic mass is 10.0. The van der Waals surface area contributed by atoms with Crippen molar-refractivity contribution in [3.8, 4) is 0 Å². The Morgan fingerprint density at radius 1 is 0.314 bits per heavy atom. The molecule has 0 rings (SSSR count). The normalized spacial score (nSPS) is 14.2. The van der Waals surface area contributed by atoms with Crippen LogP contribution < -0.4 is 0 Å². The van der Waals surface area contributed by atoms with Gasteiger partial charge >= 0.3 is 39.5 Å². The Balaban J connectivity index is 5.11. The topological polar surface area (TPSA) is 237 Å². The largest absolute Gasteiger partial charge is 0.472 e. The van der Waals surface area contributed by atoms with E-state index in [4.69, 9.17) is 37.0 Å². The molecule has 0 spiro atoms. The molecule has 0 radical (unpaired) electrons. The average molecular weight is 1270 g/mol. The first-order valence-electron chi connectivity index (χ1n) is 35.0. The van der Waals surface area contributed by atoms with Crippen molar-refractivity contribution in [2.75, 3.05) is 39.6 Å². The minimum atomic E-state index is -4.95. The van der Waals surface area contributed by atoms with Gasteiger partial charge in [-0.1, -0.05) is 286 Å². The van der Waals surface area contributed by atoms with Crippen molar-refractivity contribution in [2.45, 2.75) is 355 Å². The summed E-state index contributed by atoms with van der Waals surface area (Å²) >= 11 is 0. The standard InChI is InChI=1S/C67H130O17P2/c1-7-9-11-13-30-39-45-51-66(71)83-62(55-77-64(69)49-43-35-12-10-8-2)57-81-85(73,74)79-53-61(68)54-80-86(75,76)82-58-63(56-78-65(70)50-44-38-33-28-24-21-20-23-27-32-37-42-48-60(5)6)84-67(72)52-46-40-34-29-25-19-17-15-14-16-18-22-26-31-36-41-47-59(3)4/h59-63,68H,7-58H2,1-6H3,(H,73,74)(H,75,76)/t61-,62+,63+/m0/s1. The Kier molecular flexibility index (Phi) is 58.0. The molecule has 0 amide bonds. The fraction of sp³-hybridized carbons (Fsp3) is 0.940. The van der Waals surface area contributed by atoms with Crippen LogP contribution in [0.15, 0.2) is 0 Å². The second-order valence-electron chi connectivity index (χ2n) is 25.2. The Labute approximate surface area is 524 Å². The molecule has 0 aromatic rings. The Hall–Kier alpha value is -1.94. The molecule has 86 heavy (non-hydrogen) atoms. The van der Waals surface area contributed by atoms with Crippen molar-refractivity contribution in [3.05, 3.63) is 0 Å². The van der Waals surface area contributed by atoms with E-state index in [0.717, 1.165) is 121 Å². The van der Waals surface area contributed by atoms with Gasteiger partial charge in [-0.05, 0) is 37.5 Å². The van der Waals surface area contributed by atoms with E-state index in [9.17, 15) is 43.2 Å². The quantitative estimate of drug-likeness (QED) is 0.0222. The average Bonchev–Trinajstić information content (AvgIpc) is 3.62. The monoisotopic (exact) mass is 1270 g/mol. The minimum absolute atomic E-state index is 0.103. The highest BCUT2D eigenvalue weighted by atomic mass is 31.2. The van der Waals surface area contributed by atoms with Gasteiger partial charge in [0.25, 0.3) is 0 Å². The molecular weight excluding hydrogens is 1140 g/mol. The molecule has 0 saturated carbocycles. The van der Waals surface area contributed by atoms with Crippen LogP contribution in [0.5, 0.6) is 0 Å². The molecule has 0 aliphatic heterocycles. The number of aliphatic hydroxyl groups excluding tert-OH is 1. The number of phosphoric acid groups is 2. The highest BCUT2D eigenvalue weighted by Crippen LogP contribution is 2.45. The molecule has 510 valence electrons. The number of aliphatic hydroxyl groups is 1. The third-order valence-electron chi connectivity index (χ3n) is 15.5. The van der Waals surface area contributed by atoms with Gasteiger partial charge in [-0.2, -0.15) is 0 Å². The van der Waals surface area contributed by atoms with E-state index >= 15 is 0 Å². The number of hydrogen-bond acceptors (Lipinski definition) is 15. The lowest BCUT2D eigenvalue weighted by Crippen LogP contribution is -2.30. The van der Waals surface area contributed by atoms with Crippen molar-refractivity contribution in [1.29, 1.82) is 0 Å². The van der Waals surface area contributed by atoms with Gasteiger partial charge < -0.3 is 33.8 Å². The van der Waals surface area contributed by atoms with E-state index in [1.807, 2.05) is 0 Å². The van der Waals surface area contributed by atoms with Crippen molar-refractivity contribution in [1.82, 2.24) is 0 Å². The van der Waals surface area contributed by atoms with E-state index in [-0.39, 0.29) is 25.7 Å². The predicted octanol–water partition coefficient (Wildman–Crippen LogP) is 18.8. The fourth-order valence-electron chi connectivity index (χ4n) is 10.1. The summed E-state index contributed by atoms with van der Waals surface area (Å²) in [5.41, 5.74) is 0. The second kappa shape index (κ2) is 59.4. The Morgan fingerprint density at radius 3 is 0.791 bits per heavy atom. The molecular formula is C67H130O17P2. The summed E-state index contributed by atoms with van der Waals surface area (Å²) in [4.78, 5) is 72.0. The molecule has 0 bridgehead atoms. The van der Waals surface area contributed by atoms with Crippen LogP contribution in [0.4, 0.5) is 0 Å². The summed E-state index contributed by atoms with van der Waals surface area (Å²) in [5, 5.41) is 10.5. The summed E-state index contributed by atoms with van der Waals surface area (Å²) in [5.74, 6) is -0.553. The molecule has 0 aromatic heterocycles. The van der Waals surface area contributed by atoms with Gasteiger partial charge in [0.2, 0.25) is 0 Å². The number of carbonyl (C=O) groups excluding carboxylic acids is 4. The Bertz CT molecular complexity index is 1680. The highest BCUT2D eigenvalue weighted by molar-refractivity contribution is 7.47. The molecule has 0 aliphatic rings. The van der Waals surface area contributed by atoms with Crippen LogP contribution in [0.2, 0.25) is 0 Å². The smallest absolute Gasteiger partial charge is 0.462 e. The van der Waals surface area contributed by atoms with Crippen LogP contribution in [-0.4, -0.2) is 96.7 Å². The van der Waals surface area contributed by atoms with Gasteiger partial charge in [-0.3, -0.25) is 37.3 Å². The SMILES string of the molecule is CCCCCCCCCC(=O)O[C@H](COC(=O)CCCCCCC)COP(=O)(O)OC[C@H](O)COP(=O)(O)OC[C@@H](COC(=O)CCCCCCCCCCCCCCC(C)C)OC(=O)CCCCCCCCCCCCCCCCCCC(C)C. The number of hydrogen-bond donors (Lipinski definition) is 3. The third-order valence-corrected chi connectivity index (χ3v) is 17.4. The molecule has 3 N–H and O–H groups in total. The summed E-state index contributed by atoms with van der Waals surface area (Å²) in [6, 6.07) is 0. The maximum atomic E-state index is 13.0. The van der Waals surface area contributed by atoms with Crippen LogP contribution >= 0.6 is 15.6 Å². The van der Waals surface area contributed by atoms with Gasteiger partial charge in [-0.15, -0.1) is 0 Å². The van der Waals surface area contributed by atoms with E-state index in [2.05, 4.69) is 41.5 Å². The summed E-state index contributed by atoms with van der Waals surface area (Å²) < 4.78 is 67.8. The molecule has 0 saturated heterocycles. The maximum Gasteiger partial charge on any atom is 0.472 e.